The summed E-state index contributed by atoms with van der Waals surface area (Å²) in [6.45, 7) is 2.11. The molecule has 1 atom stereocenters. The van der Waals surface area contributed by atoms with Crippen LogP contribution in [0.3, 0.4) is 0 Å². The van der Waals surface area contributed by atoms with E-state index in [1.165, 1.54) is 4.90 Å². The van der Waals surface area contributed by atoms with Crippen molar-refractivity contribution in [2.45, 2.75) is 32.4 Å². The number of hydrogen-bond donors (Lipinski definition) is 1. The number of carbonyl (C=O) groups is 2. The lowest BCUT2D eigenvalue weighted by atomic mass is 10.0. The molecule has 37 heavy (non-hydrogen) atoms. The van der Waals surface area contributed by atoms with Gasteiger partial charge in [0.05, 0.1) is 11.9 Å². The van der Waals surface area contributed by atoms with E-state index in [9.17, 15) is 18.0 Å². The van der Waals surface area contributed by atoms with Gasteiger partial charge in [-0.25, -0.2) is 8.42 Å². The number of carbonyl (C=O) groups excluding carboxylic acids is 2. The Balaban J connectivity index is 2.01. The van der Waals surface area contributed by atoms with Gasteiger partial charge in [0.2, 0.25) is 21.8 Å². The highest BCUT2D eigenvalue weighted by molar-refractivity contribution is 7.92. The molecule has 0 aliphatic carbocycles. The SMILES string of the molecule is CCCNC(=O)C(Cc1ccccc1)N(Cc1ccccc1)C(=O)CN(c1ccc(Cl)cc1)S(C)(=O)=O. The van der Waals surface area contributed by atoms with Gasteiger partial charge in [0.1, 0.15) is 12.6 Å². The number of amides is 2. The molecule has 0 fully saturated rings. The lowest BCUT2D eigenvalue weighted by molar-refractivity contribution is -0.140. The van der Waals surface area contributed by atoms with Crippen molar-refractivity contribution in [3.05, 3.63) is 101 Å². The minimum absolute atomic E-state index is 0.148. The summed E-state index contributed by atoms with van der Waals surface area (Å²) in [5, 5.41) is 3.36. The van der Waals surface area contributed by atoms with E-state index in [1.54, 1.807) is 24.3 Å². The van der Waals surface area contributed by atoms with Crippen LogP contribution in [0.5, 0.6) is 0 Å². The third-order valence-electron chi connectivity index (χ3n) is 5.81. The Morgan fingerprint density at radius 1 is 0.892 bits per heavy atom. The highest BCUT2D eigenvalue weighted by Crippen LogP contribution is 2.22. The molecule has 0 heterocycles. The predicted octanol–water partition coefficient (Wildman–Crippen LogP) is 4.27. The van der Waals surface area contributed by atoms with Gasteiger partial charge in [-0.1, -0.05) is 79.2 Å². The van der Waals surface area contributed by atoms with Crippen LogP contribution in [-0.4, -0.2) is 50.5 Å². The number of benzene rings is 3. The average molecular weight is 542 g/mol. The summed E-state index contributed by atoms with van der Waals surface area (Å²) >= 11 is 5.98. The number of sulfonamides is 1. The molecule has 0 bridgehead atoms. The minimum Gasteiger partial charge on any atom is -0.354 e. The number of hydrogen-bond acceptors (Lipinski definition) is 4. The lowest BCUT2D eigenvalue weighted by Crippen LogP contribution is -2.53. The fraction of sp³-hybridized carbons (Fsp3) is 0.286. The molecule has 1 N–H and O–H groups in total. The first-order valence-corrected chi connectivity index (χ1v) is 14.3. The number of nitrogens with zero attached hydrogens (tertiary/aromatic N) is 2. The second kappa shape index (κ2) is 13.3. The van der Waals surface area contributed by atoms with Crippen LogP contribution >= 0.6 is 11.6 Å². The Bertz CT molecular complexity index is 1270. The third kappa shape index (κ3) is 8.33. The van der Waals surface area contributed by atoms with Crippen molar-refractivity contribution in [2.75, 3.05) is 23.7 Å². The number of anilines is 1. The van der Waals surface area contributed by atoms with Crippen LogP contribution < -0.4 is 9.62 Å². The molecular formula is C28H32ClN3O4S. The van der Waals surface area contributed by atoms with Crippen LogP contribution in [0.2, 0.25) is 5.02 Å². The Kier molecular flexibility index (Phi) is 10.1. The molecule has 9 heteroatoms. The molecular weight excluding hydrogens is 510 g/mol. The predicted molar refractivity (Wildman–Crippen MR) is 148 cm³/mol. The lowest BCUT2D eigenvalue weighted by Gasteiger charge is -2.33. The molecule has 3 rings (SSSR count). The zero-order valence-electron chi connectivity index (χ0n) is 21.0. The van der Waals surface area contributed by atoms with Gasteiger partial charge in [-0.2, -0.15) is 0 Å². The standard InChI is InChI=1S/C28H32ClN3O4S/c1-3-18-30-28(34)26(19-22-10-6-4-7-11-22)31(20-23-12-8-5-9-13-23)27(33)21-32(37(2,35)36)25-16-14-24(29)15-17-25/h4-17,26H,3,18-21H2,1-2H3,(H,30,34). The average Bonchev–Trinajstić information content (AvgIpc) is 2.89. The second-order valence-corrected chi connectivity index (χ2v) is 11.1. The summed E-state index contributed by atoms with van der Waals surface area (Å²) in [6, 6.07) is 24.2. The van der Waals surface area contributed by atoms with Crippen molar-refractivity contribution in [1.29, 1.82) is 0 Å². The zero-order valence-corrected chi connectivity index (χ0v) is 22.6. The third-order valence-corrected chi connectivity index (χ3v) is 7.20. The van der Waals surface area contributed by atoms with E-state index in [0.29, 0.717) is 17.3 Å². The van der Waals surface area contributed by atoms with Crippen LogP contribution in [-0.2, 0) is 32.6 Å². The Morgan fingerprint density at radius 3 is 2.00 bits per heavy atom. The summed E-state index contributed by atoms with van der Waals surface area (Å²) in [4.78, 5) is 28.7. The first-order valence-electron chi connectivity index (χ1n) is 12.1. The number of halogens is 1. The molecule has 0 radical (unpaired) electrons. The fourth-order valence-electron chi connectivity index (χ4n) is 3.92. The maximum Gasteiger partial charge on any atom is 0.244 e. The quantitative estimate of drug-likeness (QED) is 0.371. The molecule has 0 aliphatic rings. The van der Waals surface area contributed by atoms with Crippen LogP contribution in [0, 0.1) is 0 Å². The molecule has 3 aromatic rings. The van der Waals surface area contributed by atoms with E-state index in [0.717, 1.165) is 28.1 Å². The van der Waals surface area contributed by atoms with Crippen molar-refractivity contribution in [2.24, 2.45) is 0 Å². The minimum atomic E-state index is -3.81. The number of rotatable bonds is 12. The van der Waals surface area contributed by atoms with E-state index >= 15 is 0 Å². The van der Waals surface area contributed by atoms with Gasteiger partial charge in [-0.3, -0.25) is 13.9 Å². The molecule has 0 aromatic heterocycles. The van der Waals surface area contributed by atoms with Crippen LogP contribution in [0.15, 0.2) is 84.9 Å². The van der Waals surface area contributed by atoms with E-state index in [2.05, 4.69) is 5.32 Å². The maximum absolute atomic E-state index is 13.9. The fourth-order valence-corrected chi connectivity index (χ4v) is 4.90. The second-order valence-electron chi connectivity index (χ2n) is 8.75. The number of nitrogens with one attached hydrogen (secondary N) is 1. The topological polar surface area (TPSA) is 86.8 Å². The van der Waals surface area contributed by atoms with E-state index in [-0.39, 0.29) is 18.9 Å². The van der Waals surface area contributed by atoms with Crippen molar-refractivity contribution >= 4 is 39.1 Å². The van der Waals surface area contributed by atoms with Crippen molar-refractivity contribution in [3.8, 4) is 0 Å². The van der Waals surface area contributed by atoms with Crippen molar-refractivity contribution in [3.63, 3.8) is 0 Å². The first-order chi connectivity index (χ1) is 17.7. The summed E-state index contributed by atoms with van der Waals surface area (Å²) in [5.74, 6) is -0.774. The highest BCUT2D eigenvalue weighted by Gasteiger charge is 2.32. The summed E-state index contributed by atoms with van der Waals surface area (Å²) < 4.78 is 26.5. The first kappa shape index (κ1) is 28.2. The van der Waals surface area contributed by atoms with Crippen molar-refractivity contribution in [1.82, 2.24) is 10.2 Å². The van der Waals surface area contributed by atoms with Crippen molar-refractivity contribution < 1.29 is 18.0 Å². The van der Waals surface area contributed by atoms with E-state index in [4.69, 9.17) is 11.6 Å². The molecule has 7 nitrogen and oxygen atoms in total. The van der Waals surface area contributed by atoms with Gasteiger partial charge in [0.25, 0.3) is 0 Å². The molecule has 2 amide bonds. The Hall–Kier alpha value is -3.36. The summed E-state index contributed by atoms with van der Waals surface area (Å²) in [6.07, 6.45) is 2.08. The monoisotopic (exact) mass is 541 g/mol. The molecule has 1 unspecified atom stereocenters. The van der Waals surface area contributed by atoms with Gasteiger partial charge in [0, 0.05) is 24.5 Å². The van der Waals surface area contributed by atoms with Crippen LogP contribution in [0.4, 0.5) is 5.69 Å². The van der Waals surface area contributed by atoms with E-state index in [1.807, 2.05) is 67.6 Å². The molecule has 0 saturated carbocycles. The van der Waals surface area contributed by atoms with Gasteiger partial charge in [0.15, 0.2) is 0 Å². The van der Waals surface area contributed by atoms with Gasteiger partial charge < -0.3 is 10.2 Å². The van der Waals surface area contributed by atoms with Crippen LogP contribution in [0.1, 0.15) is 24.5 Å². The van der Waals surface area contributed by atoms with Crippen LogP contribution in [0.25, 0.3) is 0 Å². The summed E-state index contributed by atoms with van der Waals surface area (Å²) in [5.41, 5.74) is 2.03. The zero-order chi connectivity index (χ0) is 26.8. The molecule has 0 aliphatic heterocycles. The smallest absolute Gasteiger partial charge is 0.244 e. The van der Waals surface area contributed by atoms with E-state index < -0.39 is 28.5 Å². The Labute approximate surface area is 224 Å². The molecule has 196 valence electrons. The highest BCUT2D eigenvalue weighted by atomic mass is 35.5. The largest absolute Gasteiger partial charge is 0.354 e. The maximum atomic E-state index is 13.9. The normalized spacial score (nSPS) is 12.0. The molecule has 0 spiro atoms. The van der Waals surface area contributed by atoms with Gasteiger partial charge in [-0.15, -0.1) is 0 Å². The summed E-state index contributed by atoms with van der Waals surface area (Å²) in [7, 11) is -3.81. The molecule has 0 saturated heterocycles. The Morgan fingerprint density at radius 2 is 1.46 bits per heavy atom. The molecule has 3 aromatic carbocycles. The van der Waals surface area contributed by atoms with Gasteiger partial charge in [-0.05, 0) is 41.8 Å². The van der Waals surface area contributed by atoms with Gasteiger partial charge >= 0.3 is 0 Å².